The Morgan fingerprint density at radius 2 is 1.79 bits per heavy atom. The lowest BCUT2D eigenvalue weighted by Gasteiger charge is -2.30. The van der Waals surface area contributed by atoms with Crippen LogP contribution in [0.2, 0.25) is 0 Å². The monoisotopic (exact) mass is 829 g/mol. The van der Waals surface area contributed by atoms with Gasteiger partial charge in [-0.2, -0.15) is 17.7 Å². The average Bonchev–Trinajstić information content (AvgIpc) is 3.42. The third-order valence-electron chi connectivity index (χ3n) is 10.2. The molecule has 0 unspecified atom stereocenters. The van der Waals surface area contributed by atoms with Gasteiger partial charge in [-0.15, -0.1) is 0 Å². The Morgan fingerprint density at radius 1 is 1.07 bits per heavy atom. The van der Waals surface area contributed by atoms with E-state index in [2.05, 4.69) is 26.0 Å². The van der Waals surface area contributed by atoms with Crippen LogP contribution >= 0.6 is 0 Å². The van der Waals surface area contributed by atoms with Gasteiger partial charge < -0.3 is 35.6 Å². The molecule has 320 valence electrons. The van der Waals surface area contributed by atoms with E-state index in [0.717, 1.165) is 17.1 Å². The maximum atomic E-state index is 14.6. The molecule has 1 aliphatic carbocycles. The molecule has 5 rings (SSSR count). The Hall–Kier alpha value is -4.91. The molecule has 6 amide bonds. The van der Waals surface area contributed by atoms with E-state index >= 15 is 0 Å². The minimum absolute atomic E-state index is 0.0197. The van der Waals surface area contributed by atoms with Gasteiger partial charge in [-0.25, -0.2) is 14.3 Å². The van der Waals surface area contributed by atoms with Crippen LogP contribution in [0.25, 0.3) is 11.0 Å². The number of rotatable bonds is 9. The first-order valence-corrected chi connectivity index (χ1v) is 21.3. The molecule has 18 nitrogen and oxygen atoms in total. The van der Waals surface area contributed by atoms with Gasteiger partial charge in [0.15, 0.2) is 0 Å². The van der Waals surface area contributed by atoms with Gasteiger partial charge in [0.2, 0.25) is 11.8 Å². The summed E-state index contributed by atoms with van der Waals surface area (Å²) >= 11 is 0. The van der Waals surface area contributed by atoms with Crippen LogP contribution in [0.15, 0.2) is 30.4 Å². The molecule has 1 aromatic carbocycles. The second-order valence-corrected chi connectivity index (χ2v) is 18.9. The molecule has 0 radical (unpaired) electrons. The summed E-state index contributed by atoms with van der Waals surface area (Å²) in [6.07, 6.45) is 5.32. The second-order valence-electron chi connectivity index (χ2n) is 17.0. The number of para-hydroxylation sites is 1. The van der Waals surface area contributed by atoms with Crippen LogP contribution in [-0.2, 0) is 29.3 Å². The first-order valence-electron chi connectivity index (χ1n) is 19.9. The zero-order chi connectivity index (χ0) is 42.7. The van der Waals surface area contributed by atoms with Crippen molar-refractivity contribution < 1.29 is 41.9 Å². The van der Waals surface area contributed by atoms with E-state index < -0.39 is 75.3 Å². The van der Waals surface area contributed by atoms with Crippen LogP contribution in [0.1, 0.15) is 99.5 Å². The van der Waals surface area contributed by atoms with Gasteiger partial charge in [-0.1, -0.05) is 31.1 Å². The Morgan fingerprint density at radius 3 is 2.45 bits per heavy atom. The van der Waals surface area contributed by atoms with Crippen molar-refractivity contribution >= 4 is 56.8 Å². The number of allylic oxidation sites excluding steroid dienone is 1. The fraction of sp³-hybridized carbons (Fsp3) is 0.641. The summed E-state index contributed by atoms with van der Waals surface area (Å²) in [6.45, 7) is 12.7. The lowest BCUT2D eigenvalue weighted by molar-refractivity contribution is -0.141. The molecule has 58 heavy (non-hydrogen) atoms. The zero-order valence-electron chi connectivity index (χ0n) is 34.9. The minimum atomic E-state index is -4.20. The number of hydrogen-bond acceptors (Lipinski definition) is 10. The number of amides is 6. The minimum Gasteiger partial charge on any atom is -0.459 e. The van der Waals surface area contributed by atoms with E-state index in [-0.39, 0.29) is 43.9 Å². The number of alkyl carbamates (subject to hydrolysis) is 1. The molecule has 5 atom stereocenters. The summed E-state index contributed by atoms with van der Waals surface area (Å²) in [5, 5.41) is 11.2. The van der Waals surface area contributed by atoms with Crippen molar-refractivity contribution in [1.29, 1.82) is 0 Å². The number of fused-ring (bicyclic) bond motifs is 3. The first kappa shape index (κ1) is 44.2. The standard InChI is InChI=1S/C39H59N9O9S/c1-23(2)40-35(52)41-27-18-15-19-29-31(27)43-36(48(29)24(3)4)56-26-20-30-32(49)44-39(34(51)45-58(54,55)46(8)9)21-25(39)16-13-11-10-12-14-17-28(33(50)47(30)22-26)42-37(53)57-38(5,6)7/h13,15-16,18-19,23-26,28,30H,10-12,14,17,20-22H2,1-9H3,(H,42,53)(H,44,49)(H,45,51)(H2,40,41,52)/t25-,26-,28+,30+,39-/m1/s1. The highest BCUT2D eigenvalue weighted by Gasteiger charge is 2.62. The first-order chi connectivity index (χ1) is 27.1. The second kappa shape index (κ2) is 17.5. The van der Waals surface area contributed by atoms with Crippen LogP contribution in [0.4, 0.5) is 15.3 Å². The van der Waals surface area contributed by atoms with Gasteiger partial charge in [0.25, 0.3) is 11.9 Å². The highest BCUT2D eigenvalue weighted by molar-refractivity contribution is 7.87. The highest BCUT2D eigenvalue weighted by atomic mass is 32.2. The Bertz CT molecular complexity index is 2020. The van der Waals surface area contributed by atoms with Crippen molar-refractivity contribution in [3.8, 4) is 6.01 Å². The van der Waals surface area contributed by atoms with Crippen molar-refractivity contribution in [1.82, 2.24) is 39.4 Å². The predicted octanol–water partition coefficient (Wildman–Crippen LogP) is 3.71. The van der Waals surface area contributed by atoms with E-state index in [4.69, 9.17) is 14.5 Å². The van der Waals surface area contributed by atoms with E-state index in [1.54, 1.807) is 32.9 Å². The molecule has 3 aliphatic rings. The van der Waals surface area contributed by atoms with Gasteiger partial charge >= 0.3 is 22.3 Å². The molecule has 2 aliphatic heterocycles. The van der Waals surface area contributed by atoms with Crippen LogP contribution in [0.5, 0.6) is 6.01 Å². The number of imidazole rings is 1. The van der Waals surface area contributed by atoms with Crippen LogP contribution in [-0.4, -0.2) is 113 Å². The molecule has 3 heterocycles. The number of ether oxygens (including phenoxy) is 2. The fourth-order valence-electron chi connectivity index (χ4n) is 7.26. The van der Waals surface area contributed by atoms with Crippen molar-refractivity contribution in [2.24, 2.45) is 5.92 Å². The van der Waals surface area contributed by atoms with Crippen molar-refractivity contribution in [2.75, 3.05) is 26.0 Å². The molecule has 5 N–H and O–H groups in total. The molecule has 1 aromatic heterocycles. The molecular weight excluding hydrogens is 771 g/mol. The number of benzene rings is 1. The molecule has 0 spiro atoms. The highest BCUT2D eigenvalue weighted by Crippen LogP contribution is 2.46. The number of carbonyl (C=O) groups is 5. The van der Waals surface area contributed by atoms with Crippen LogP contribution in [0.3, 0.4) is 0 Å². The summed E-state index contributed by atoms with van der Waals surface area (Å²) in [6, 6.07) is 2.69. The molecule has 0 bridgehead atoms. The Labute approximate surface area is 340 Å². The lowest BCUT2D eigenvalue weighted by atomic mass is 10.0. The molecule has 19 heteroatoms. The largest absolute Gasteiger partial charge is 0.459 e. The maximum absolute atomic E-state index is 14.6. The Balaban J connectivity index is 1.51. The number of aromatic nitrogens is 2. The summed E-state index contributed by atoms with van der Waals surface area (Å²) in [5.41, 5.74) is -0.807. The third kappa shape index (κ3) is 10.4. The van der Waals surface area contributed by atoms with Gasteiger partial charge in [0, 0.05) is 38.5 Å². The number of nitrogens with zero attached hydrogens (tertiary/aromatic N) is 4. The Kier molecular flexibility index (Phi) is 13.4. The van der Waals surface area contributed by atoms with Gasteiger partial charge in [-0.3, -0.25) is 19.0 Å². The van der Waals surface area contributed by atoms with E-state index in [0.29, 0.717) is 29.6 Å². The van der Waals surface area contributed by atoms with Gasteiger partial charge in [0.1, 0.15) is 34.8 Å². The molecule has 2 fully saturated rings. The third-order valence-corrected chi connectivity index (χ3v) is 11.6. The van der Waals surface area contributed by atoms with Crippen molar-refractivity contribution in [3.63, 3.8) is 0 Å². The maximum Gasteiger partial charge on any atom is 0.408 e. The SMILES string of the molecule is CC(C)NC(=O)Nc1cccc2c1nc(O[C@@H]1C[C@H]3C(=O)N[C@]4(C(=O)NS(=O)(=O)N(C)C)C[C@H]4C=CCCCCC[C@H](NC(=O)OC(C)(C)C)C(=O)N3C1)n2C(C)C. The van der Waals surface area contributed by atoms with E-state index in [9.17, 15) is 32.4 Å². The zero-order valence-corrected chi connectivity index (χ0v) is 35.7. The molecule has 1 saturated carbocycles. The smallest absolute Gasteiger partial charge is 0.408 e. The normalized spacial score (nSPS) is 24.4. The number of nitrogens with one attached hydrogen (secondary N) is 5. The van der Waals surface area contributed by atoms with E-state index in [1.165, 1.54) is 19.0 Å². The van der Waals surface area contributed by atoms with Gasteiger partial charge in [0.05, 0.1) is 17.7 Å². The lowest BCUT2D eigenvalue weighted by Crippen LogP contribution is -2.58. The summed E-state index contributed by atoms with van der Waals surface area (Å²) in [5.74, 6) is -2.60. The van der Waals surface area contributed by atoms with Crippen molar-refractivity contribution in [3.05, 3.63) is 30.4 Å². The van der Waals surface area contributed by atoms with Crippen LogP contribution < -0.4 is 30.7 Å². The average molecular weight is 830 g/mol. The molecule has 1 saturated heterocycles. The van der Waals surface area contributed by atoms with E-state index in [1.807, 2.05) is 50.5 Å². The predicted molar refractivity (Wildman–Crippen MR) is 217 cm³/mol. The summed E-state index contributed by atoms with van der Waals surface area (Å²) in [7, 11) is -1.63. The molecular formula is C39H59N9O9S. The van der Waals surface area contributed by atoms with Gasteiger partial charge in [-0.05, 0) is 86.3 Å². The molecule has 2 aromatic rings. The summed E-state index contributed by atoms with van der Waals surface area (Å²) < 4.78 is 42.4. The van der Waals surface area contributed by atoms with Crippen molar-refractivity contribution in [2.45, 2.75) is 135 Å². The number of hydrogen-bond donors (Lipinski definition) is 5. The quantitative estimate of drug-likeness (QED) is 0.231. The number of urea groups is 1. The fourth-order valence-corrected chi connectivity index (χ4v) is 7.86. The topological polar surface area (TPSA) is 222 Å². The number of carbonyl (C=O) groups excluding carboxylic acids is 5. The summed E-state index contributed by atoms with van der Waals surface area (Å²) in [4.78, 5) is 74.7. The van der Waals surface area contributed by atoms with Crippen LogP contribution in [0, 0.1) is 5.92 Å². The number of anilines is 1.